The molecule has 1 aliphatic rings. The summed E-state index contributed by atoms with van der Waals surface area (Å²) in [4.78, 5) is 70.8. The van der Waals surface area contributed by atoms with Crippen LogP contribution in [0.3, 0.4) is 0 Å². The summed E-state index contributed by atoms with van der Waals surface area (Å²) < 4.78 is 0. The molecule has 0 aromatic heterocycles. The largest absolute Gasteiger partial charge is 0.343 e. The van der Waals surface area contributed by atoms with E-state index < -0.39 is 18.0 Å². The zero-order valence-electron chi connectivity index (χ0n) is 26.4. The molecule has 0 aliphatic carbocycles. The van der Waals surface area contributed by atoms with Gasteiger partial charge < -0.3 is 20.0 Å². The highest BCUT2D eigenvalue weighted by Gasteiger charge is 2.33. The lowest BCUT2D eigenvalue weighted by atomic mass is 10.0. The lowest BCUT2D eigenvalue weighted by Gasteiger charge is -2.31. The predicted octanol–water partition coefficient (Wildman–Crippen LogP) is 4.32. The van der Waals surface area contributed by atoms with Gasteiger partial charge in [-0.1, -0.05) is 76.1 Å². The average Bonchev–Trinajstić information content (AvgIpc) is 3.00. The van der Waals surface area contributed by atoms with Crippen molar-refractivity contribution < 1.29 is 24.0 Å². The number of carbonyl (C=O) groups excluding carboxylic acids is 5. The number of likely N-dealkylation sites (N-methyl/N-ethyl adjacent to an activating group) is 1. The monoisotopic (exact) mass is 592 g/mol. The van der Waals surface area contributed by atoms with Crippen molar-refractivity contribution in [1.29, 1.82) is 0 Å². The lowest BCUT2D eigenvalue weighted by molar-refractivity contribution is -0.143. The van der Waals surface area contributed by atoms with Crippen LogP contribution in [-0.4, -0.2) is 82.9 Å². The van der Waals surface area contributed by atoms with Crippen LogP contribution in [0.15, 0.2) is 42.5 Å². The highest BCUT2D eigenvalue weighted by molar-refractivity contribution is 5.94. The van der Waals surface area contributed by atoms with Crippen molar-refractivity contribution in [2.75, 3.05) is 26.7 Å². The fourth-order valence-electron chi connectivity index (χ4n) is 5.46. The summed E-state index contributed by atoms with van der Waals surface area (Å²) in [6, 6.07) is 12.2. The second kappa shape index (κ2) is 16.2. The van der Waals surface area contributed by atoms with E-state index in [1.165, 1.54) is 4.90 Å². The quantitative estimate of drug-likeness (QED) is 0.391. The van der Waals surface area contributed by atoms with Crippen LogP contribution in [0.1, 0.15) is 78.2 Å². The van der Waals surface area contributed by atoms with Crippen molar-refractivity contribution in [3.8, 4) is 0 Å². The Balaban J connectivity index is 1.97. The minimum absolute atomic E-state index is 0.0871. The molecule has 2 aromatic rings. The third kappa shape index (κ3) is 9.63. The first-order chi connectivity index (χ1) is 20.5. The average molecular weight is 593 g/mol. The molecule has 0 bridgehead atoms. The summed E-state index contributed by atoms with van der Waals surface area (Å²) in [7, 11) is 1.58. The molecule has 2 atom stereocenters. The number of Topliss-reactive ketones (excluding diaryl/α,β-unsaturated/α-hetero) is 1. The van der Waals surface area contributed by atoms with Crippen LogP contribution in [0.2, 0.25) is 0 Å². The minimum Gasteiger partial charge on any atom is -0.343 e. The first-order valence-corrected chi connectivity index (χ1v) is 15.6. The van der Waals surface area contributed by atoms with E-state index in [2.05, 4.69) is 5.32 Å². The van der Waals surface area contributed by atoms with Crippen LogP contribution in [0.4, 0.5) is 0 Å². The molecular weight excluding hydrogens is 544 g/mol. The number of unbranched alkanes of at least 4 members (excludes halogenated alkanes) is 2. The zero-order chi connectivity index (χ0) is 31.5. The standard InChI is InChI=1S/C34H48N4O5/c1-6-28(39)16-8-7-9-18-30-34(43)38(22-27-15-12-14-26-13-10-11-17-29(26)27)23-32(41)37(21-24(2)3)20-19-31(40)36(5)25(4)33(42)35-30/h10-15,17,24-25,30H,6-9,16,18-23H2,1-5H3,(H,35,42)/t25-,30-/m0/s1. The third-order valence-corrected chi connectivity index (χ3v) is 8.22. The van der Waals surface area contributed by atoms with Crippen LogP contribution in [0.25, 0.3) is 10.8 Å². The van der Waals surface area contributed by atoms with Crippen molar-refractivity contribution in [3.63, 3.8) is 0 Å². The molecule has 1 fully saturated rings. The van der Waals surface area contributed by atoms with Gasteiger partial charge in [0.05, 0.1) is 0 Å². The van der Waals surface area contributed by atoms with E-state index in [0.717, 1.165) is 29.2 Å². The summed E-state index contributed by atoms with van der Waals surface area (Å²) in [5.74, 6) is -0.829. The number of fused-ring (bicyclic) bond motifs is 1. The molecule has 3 rings (SSSR count). The Hall–Kier alpha value is -3.75. The molecule has 1 aliphatic heterocycles. The molecule has 0 saturated carbocycles. The van der Waals surface area contributed by atoms with Crippen molar-refractivity contribution in [2.24, 2.45) is 5.92 Å². The normalized spacial score (nSPS) is 19.3. The number of ketones is 1. The smallest absolute Gasteiger partial charge is 0.245 e. The molecular formula is C34H48N4O5. The Morgan fingerprint density at radius 2 is 1.67 bits per heavy atom. The molecule has 0 unspecified atom stereocenters. The highest BCUT2D eigenvalue weighted by atomic mass is 16.2. The Morgan fingerprint density at radius 3 is 2.40 bits per heavy atom. The molecule has 1 heterocycles. The van der Waals surface area contributed by atoms with Crippen LogP contribution < -0.4 is 5.32 Å². The van der Waals surface area contributed by atoms with E-state index >= 15 is 0 Å². The number of nitrogens with zero attached hydrogens (tertiary/aromatic N) is 3. The first kappa shape index (κ1) is 33.7. The maximum atomic E-state index is 14.3. The zero-order valence-corrected chi connectivity index (χ0v) is 26.4. The molecule has 0 spiro atoms. The van der Waals surface area contributed by atoms with Gasteiger partial charge in [0.1, 0.15) is 24.4 Å². The number of nitrogens with one attached hydrogen (secondary N) is 1. The third-order valence-electron chi connectivity index (χ3n) is 8.22. The topological polar surface area (TPSA) is 107 Å². The summed E-state index contributed by atoms with van der Waals surface area (Å²) in [5, 5.41) is 4.94. The maximum Gasteiger partial charge on any atom is 0.245 e. The number of amides is 4. The molecule has 43 heavy (non-hydrogen) atoms. The SMILES string of the molecule is CCC(=O)CCCCC[C@@H]1NC(=O)[C@H](C)N(C)C(=O)CCN(CC(C)C)C(=O)CN(Cc2cccc3ccccc23)C1=O. The minimum atomic E-state index is -0.873. The van der Waals surface area contributed by atoms with Crippen LogP contribution in [0.5, 0.6) is 0 Å². The Bertz CT molecular complexity index is 1290. The molecule has 9 nitrogen and oxygen atoms in total. The van der Waals surface area contributed by atoms with E-state index in [4.69, 9.17) is 0 Å². The molecule has 1 N–H and O–H groups in total. The summed E-state index contributed by atoms with van der Waals surface area (Å²) in [5.41, 5.74) is 0.908. The van der Waals surface area contributed by atoms with Gasteiger partial charge >= 0.3 is 0 Å². The molecule has 2 aromatic carbocycles. The predicted molar refractivity (Wildman–Crippen MR) is 168 cm³/mol. The first-order valence-electron chi connectivity index (χ1n) is 15.6. The van der Waals surface area contributed by atoms with Gasteiger partial charge in [-0.15, -0.1) is 0 Å². The molecule has 4 amide bonds. The summed E-state index contributed by atoms with van der Waals surface area (Å²) in [6.45, 7) is 8.23. The number of carbonyl (C=O) groups is 5. The lowest BCUT2D eigenvalue weighted by Crippen LogP contribution is -2.54. The van der Waals surface area contributed by atoms with E-state index in [9.17, 15) is 24.0 Å². The van der Waals surface area contributed by atoms with E-state index in [-0.39, 0.29) is 55.5 Å². The van der Waals surface area contributed by atoms with Gasteiger partial charge in [-0.2, -0.15) is 0 Å². The van der Waals surface area contributed by atoms with Crippen molar-refractivity contribution >= 4 is 40.2 Å². The van der Waals surface area contributed by atoms with Gasteiger partial charge in [-0.25, -0.2) is 0 Å². The van der Waals surface area contributed by atoms with Crippen LogP contribution in [0, 0.1) is 5.92 Å². The molecule has 234 valence electrons. The second-order valence-corrected chi connectivity index (χ2v) is 12.0. The van der Waals surface area contributed by atoms with Gasteiger partial charge in [-0.3, -0.25) is 24.0 Å². The summed E-state index contributed by atoms with van der Waals surface area (Å²) in [6.07, 6.45) is 3.55. The van der Waals surface area contributed by atoms with Gasteiger partial charge in [0, 0.05) is 45.9 Å². The summed E-state index contributed by atoms with van der Waals surface area (Å²) >= 11 is 0. The van der Waals surface area contributed by atoms with Crippen LogP contribution in [-0.2, 0) is 30.5 Å². The fraction of sp³-hybridized carbons (Fsp3) is 0.559. The maximum absolute atomic E-state index is 14.3. The van der Waals surface area contributed by atoms with E-state index in [1.807, 2.05) is 63.2 Å². The van der Waals surface area contributed by atoms with Gasteiger partial charge in [0.15, 0.2) is 0 Å². The number of hydrogen-bond donors (Lipinski definition) is 1. The number of hydrogen-bond acceptors (Lipinski definition) is 5. The van der Waals surface area contributed by atoms with Crippen molar-refractivity contribution in [2.45, 2.75) is 91.3 Å². The Kier molecular flexibility index (Phi) is 12.7. The second-order valence-electron chi connectivity index (χ2n) is 12.0. The fourth-order valence-corrected chi connectivity index (χ4v) is 5.46. The van der Waals surface area contributed by atoms with E-state index in [1.54, 1.807) is 23.8 Å². The molecule has 9 heteroatoms. The molecule has 1 saturated heterocycles. The van der Waals surface area contributed by atoms with Crippen LogP contribution >= 0.6 is 0 Å². The highest BCUT2D eigenvalue weighted by Crippen LogP contribution is 2.22. The Labute approximate surface area is 256 Å². The molecule has 0 radical (unpaired) electrons. The number of benzene rings is 2. The number of rotatable bonds is 11. The van der Waals surface area contributed by atoms with Crippen molar-refractivity contribution in [3.05, 3.63) is 48.0 Å². The van der Waals surface area contributed by atoms with E-state index in [0.29, 0.717) is 32.2 Å². The van der Waals surface area contributed by atoms with Gasteiger partial charge in [0.2, 0.25) is 23.6 Å². The van der Waals surface area contributed by atoms with Crippen molar-refractivity contribution in [1.82, 2.24) is 20.0 Å². The Morgan fingerprint density at radius 1 is 0.953 bits per heavy atom. The van der Waals surface area contributed by atoms with Gasteiger partial charge in [-0.05, 0) is 42.0 Å². The van der Waals surface area contributed by atoms with Gasteiger partial charge in [0.25, 0.3) is 0 Å².